The summed E-state index contributed by atoms with van der Waals surface area (Å²) in [5, 5.41) is 3.01. The highest BCUT2D eigenvalue weighted by molar-refractivity contribution is 5.42. The summed E-state index contributed by atoms with van der Waals surface area (Å²) in [6.07, 6.45) is 3.16. The number of aromatic nitrogens is 1. The van der Waals surface area contributed by atoms with Gasteiger partial charge >= 0.3 is 0 Å². The topological polar surface area (TPSA) is 24.9 Å². The summed E-state index contributed by atoms with van der Waals surface area (Å²) < 4.78 is 24.9. The van der Waals surface area contributed by atoms with Crippen LogP contribution in [0.3, 0.4) is 0 Å². The highest BCUT2D eigenvalue weighted by Gasteiger charge is 2.45. The van der Waals surface area contributed by atoms with E-state index in [-0.39, 0.29) is 18.9 Å². The molecule has 0 aromatic carbocycles. The molecule has 2 rings (SSSR count). The molecule has 0 aliphatic heterocycles. The highest BCUT2D eigenvalue weighted by atomic mass is 19.3. The molecule has 1 aliphatic rings. The Kier molecular flexibility index (Phi) is 1.90. The van der Waals surface area contributed by atoms with Crippen molar-refractivity contribution < 1.29 is 8.78 Å². The van der Waals surface area contributed by atoms with Gasteiger partial charge in [0.1, 0.15) is 0 Å². The van der Waals surface area contributed by atoms with Crippen LogP contribution in [0.2, 0.25) is 0 Å². The van der Waals surface area contributed by atoms with Crippen LogP contribution in [0.4, 0.5) is 14.5 Å². The average molecular weight is 184 g/mol. The average Bonchev–Trinajstić information content (AvgIpc) is 2.03. The molecule has 0 bridgehead atoms. The first-order valence-electron chi connectivity index (χ1n) is 4.20. The molecule has 0 atom stereocenters. The largest absolute Gasteiger partial charge is 0.382 e. The van der Waals surface area contributed by atoms with Gasteiger partial charge < -0.3 is 5.32 Å². The molecule has 0 unspecified atom stereocenters. The van der Waals surface area contributed by atoms with Gasteiger partial charge in [0.15, 0.2) is 0 Å². The van der Waals surface area contributed by atoms with Crippen molar-refractivity contribution in [3.8, 4) is 0 Å². The monoisotopic (exact) mass is 184 g/mol. The zero-order chi connectivity index (χ0) is 9.31. The zero-order valence-electron chi connectivity index (χ0n) is 7.00. The minimum atomic E-state index is -2.45. The summed E-state index contributed by atoms with van der Waals surface area (Å²) in [7, 11) is 0. The lowest BCUT2D eigenvalue weighted by atomic mass is 9.88. The number of halogens is 2. The zero-order valence-corrected chi connectivity index (χ0v) is 7.00. The van der Waals surface area contributed by atoms with Gasteiger partial charge in [0.2, 0.25) is 0 Å². The van der Waals surface area contributed by atoms with Gasteiger partial charge in [-0.05, 0) is 12.1 Å². The predicted octanol–water partition coefficient (Wildman–Crippen LogP) is 2.29. The van der Waals surface area contributed by atoms with Crippen LogP contribution in [0.1, 0.15) is 12.8 Å². The first-order valence-corrected chi connectivity index (χ1v) is 4.20. The van der Waals surface area contributed by atoms with E-state index in [1.54, 1.807) is 24.5 Å². The molecule has 2 nitrogen and oxygen atoms in total. The Labute approximate surface area is 75.0 Å². The minimum absolute atomic E-state index is 0.0602. The van der Waals surface area contributed by atoms with E-state index in [4.69, 9.17) is 0 Å². The van der Waals surface area contributed by atoms with Gasteiger partial charge in [0.25, 0.3) is 5.92 Å². The molecule has 1 fully saturated rings. The van der Waals surface area contributed by atoms with Crippen molar-refractivity contribution in [3.63, 3.8) is 0 Å². The summed E-state index contributed by atoms with van der Waals surface area (Å²) in [6.45, 7) is 0. The van der Waals surface area contributed by atoms with Crippen LogP contribution < -0.4 is 5.32 Å². The fraction of sp³-hybridized carbons (Fsp3) is 0.444. The summed E-state index contributed by atoms with van der Waals surface area (Å²) in [5.41, 5.74) is 0.857. The predicted molar refractivity (Wildman–Crippen MR) is 45.8 cm³/mol. The summed E-state index contributed by atoms with van der Waals surface area (Å²) >= 11 is 0. The third-order valence-corrected chi connectivity index (χ3v) is 2.14. The van der Waals surface area contributed by atoms with Crippen molar-refractivity contribution in [2.24, 2.45) is 0 Å². The molecule has 0 amide bonds. The summed E-state index contributed by atoms with van der Waals surface area (Å²) in [4.78, 5) is 3.84. The molecule has 1 saturated carbocycles. The Morgan fingerprint density at radius 2 is 1.92 bits per heavy atom. The maximum absolute atomic E-state index is 12.4. The van der Waals surface area contributed by atoms with E-state index in [9.17, 15) is 8.78 Å². The number of hydrogen-bond donors (Lipinski definition) is 1. The Morgan fingerprint density at radius 3 is 2.46 bits per heavy atom. The van der Waals surface area contributed by atoms with Crippen molar-refractivity contribution in [2.75, 3.05) is 5.32 Å². The molecule has 13 heavy (non-hydrogen) atoms. The van der Waals surface area contributed by atoms with E-state index >= 15 is 0 Å². The Morgan fingerprint density at radius 1 is 1.31 bits per heavy atom. The van der Waals surface area contributed by atoms with Crippen LogP contribution >= 0.6 is 0 Å². The number of nitrogens with one attached hydrogen (secondary N) is 1. The quantitative estimate of drug-likeness (QED) is 0.762. The molecule has 1 aliphatic carbocycles. The SMILES string of the molecule is FC1(F)CC(Nc2ccncc2)C1. The third kappa shape index (κ3) is 1.94. The molecular weight excluding hydrogens is 174 g/mol. The fourth-order valence-corrected chi connectivity index (χ4v) is 1.45. The number of anilines is 1. The Balaban J connectivity index is 1.88. The molecule has 0 radical (unpaired) electrons. The van der Waals surface area contributed by atoms with Crippen LogP contribution in [-0.2, 0) is 0 Å². The first kappa shape index (κ1) is 8.41. The third-order valence-electron chi connectivity index (χ3n) is 2.14. The maximum atomic E-state index is 12.4. The van der Waals surface area contributed by atoms with Crippen LogP contribution in [0, 0.1) is 0 Å². The second kappa shape index (κ2) is 2.94. The molecule has 0 spiro atoms. The molecule has 1 heterocycles. The number of pyridine rings is 1. The molecule has 1 N–H and O–H groups in total. The van der Waals surface area contributed by atoms with E-state index in [0.29, 0.717) is 0 Å². The lowest BCUT2D eigenvalue weighted by Crippen LogP contribution is -2.44. The van der Waals surface area contributed by atoms with Gasteiger partial charge in [0.05, 0.1) is 0 Å². The van der Waals surface area contributed by atoms with Crippen molar-refractivity contribution >= 4 is 5.69 Å². The Hall–Kier alpha value is -1.19. The van der Waals surface area contributed by atoms with Gasteiger partial charge in [-0.1, -0.05) is 0 Å². The van der Waals surface area contributed by atoms with Crippen molar-refractivity contribution in [3.05, 3.63) is 24.5 Å². The lowest BCUT2D eigenvalue weighted by Gasteiger charge is -2.35. The van der Waals surface area contributed by atoms with E-state index in [1.807, 2.05) is 0 Å². The van der Waals surface area contributed by atoms with Gasteiger partial charge in [-0.15, -0.1) is 0 Å². The van der Waals surface area contributed by atoms with E-state index in [2.05, 4.69) is 10.3 Å². The standard InChI is InChI=1S/C9H10F2N2/c10-9(11)5-8(6-9)13-7-1-3-12-4-2-7/h1-4,8H,5-6H2,(H,12,13). The number of nitrogens with zero attached hydrogens (tertiary/aromatic N) is 1. The smallest absolute Gasteiger partial charge is 0.252 e. The van der Waals surface area contributed by atoms with Crippen molar-refractivity contribution in [1.29, 1.82) is 0 Å². The van der Waals surface area contributed by atoms with Gasteiger partial charge in [-0.2, -0.15) is 0 Å². The minimum Gasteiger partial charge on any atom is -0.382 e. The molecule has 1 aromatic heterocycles. The molecular formula is C9H10F2N2. The first-order chi connectivity index (χ1) is 6.16. The molecule has 4 heteroatoms. The highest BCUT2D eigenvalue weighted by Crippen LogP contribution is 2.38. The second-order valence-electron chi connectivity index (χ2n) is 3.34. The lowest BCUT2D eigenvalue weighted by molar-refractivity contribution is -0.0793. The van der Waals surface area contributed by atoms with Crippen LogP contribution in [-0.4, -0.2) is 16.9 Å². The number of rotatable bonds is 2. The second-order valence-corrected chi connectivity index (χ2v) is 3.34. The van der Waals surface area contributed by atoms with Gasteiger partial charge in [-0.25, -0.2) is 8.78 Å². The maximum Gasteiger partial charge on any atom is 0.252 e. The van der Waals surface area contributed by atoms with Crippen LogP contribution in [0.5, 0.6) is 0 Å². The Bertz CT molecular complexity index is 279. The molecule has 1 aromatic rings. The van der Waals surface area contributed by atoms with E-state index in [0.717, 1.165) is 5.69 Å². The van der Waals surface area contributed by atoms with Crippen LogP contribution in [0.15, 0.2) is 24.5 Å². The fourth-order valence-electron chi connectivity index (χ4n) is 1.45. The summed E-state index contributed by atoms with van der Waals surface area (Å²) in [5.74, 6) is -2.45. The van der Waals surface area contributed by atoms with E-state index < -0.39 is 5.92 Å². The summed E-state index contributed by atoms with van der Waals surface area (Å²) in [6, 6.07) is 3.46. The number of alkyl halides is 2. The normalized spacial score (nSPS) is 20.8. The van der Waals surface area contributed by atoms with Gasteiger partial charge in [-0.3, -0.25) is 4.98 Å². The van der Waals surface area contributed by atoms with E-state index in [1.165, 1.54) is 0 Å². The number of hydrogen-bond acceptors (Lipinski definition) is 2. The van der Waals surface area contributed by atoms with Crippen molar-refractivity contribution in [1.82, 2.24) is 4.98 Å². The van der Waals surface area contributed by atoms with Crippen LogP contribution in [0.25, 0.3) is 0 Å². The van der Waals surface area contributed by atoms with Crippen molar-refractivity contribution in [2.45, 2.75) is 24.8 Å². The van der Waals surface area contributed by atoms with Gasteiger partial charge in [0, 0.05) is 37.0 Å². The molecule has 0 saturated heterocycles. The molecule has 70 valence electrons.